The van der Waals surface area contributed by atoms with Gasteiger partial charge >= 0.3 is 6.18 Å². The van der Waals surface area contributed by atoms with Crippen LogP contribution in [0.3, 0.4) is 0 Å². The number of carbonyl (C=O) groups is 2. The van der Waals surface area contributed by atoms with Gasteiger partial charge in [0.05, 0.1) is 30.7 Å². The highest BCUT2D eigenvalue weighted by atomic mass is 19.4. The van der Waals surface area contributed by atoms with Crippen molar-refractivity contribution < 1.29 is 32.2 Å². The van der Waals surface area contributed by atoms with Gasteiger partial charge in [0.15, 0.2) is 11.5 Å². The summed E-state index contributed by atoms with van der Waals surface area (Å²) in [4.78, 5) is 29.1. The molecule has 2 amide bonds. The van der Waals surface area contributed by atoms with Crippen molar-refractivity contribution in [1.29, 1.82) is 0 Å². The first-order valence-electron chi connectivity index (χ1n) is 12.5. The predicted octanol–water partition coefficient (Wildman–Crippen LogP) is 5.98. The van der Waals surface area contributed by atoms with E-state index in [1.54, 1.807) is 29.2 Å². The molecule has 0 aromatic heterocycles. The van der Waals surface area contributed by atoms with Gasteiger partial charge in [-0.2, -0.15) is 13.2 Å². The molecule has 3 aromatic carbocycles. The Morgan fingerprint density at radius 3 is 2.39 bits per heavy atom. The van der Waals surface area contributed by atoms with E-state index < -0.39 is 29.6 Å². The molecule has 2 aliphatic rings. The minimum atomic E-state index is -4.54. The van der Waals surface area contributed by atoms with E-state index in [9.17, 15) is 22.8 Å². The maximum Gasteiger partial charge on any atom is 0.416 e. The summed E-state index contributed by atoms with van der Waals surface area (Å²) < 4.78 is 51.5. The zero-order chi connectivity index (χ0) is 27.0. The minimum absolute atomic E-state index is 0.0310. The van der Waals surface area contributed by atoms with E-state index >= 15 is 0 Å². The van der Waals surface area contributed by atoms with Gasteiger partial charge in [-0.25, -0.2) is 0 Å². The van der Waals surface area contributed by atoms with Crippen LogP contribution in [0, 0.1) is 0 Å². The number of hydrogen-bond donors (Lipinski definition) is 1. The van der Waals surface area contributed by atoms with Crippen LogP contribution in [-0.4, -0.2) is 36.5 Å². The summed E-state index contributed by atoms with van der Waals surface area (Å²) in [6.07, 6.45) is -3.98. The second-order valence-corrected chi connectivity index (χ2v) is 9.19. The Hall–Kier alpha value is -4.01. The first-order chi connectivity index (χ1) is 18.2. The minimum Gasteiger partial charge on any atom is -0.490 e. The summed E-state index contributed by atoms with van der Waals surface area (Å²) in [5.74, 6) is -0.442. The number of benzene rings is 3. The number of carbonyl (C=O) groups excluding carboxylic acids is 2. The normalized spacial score (nSPS) is 18.2. The van der Waals surface area contributed by atoms with Crippen LogP contribution in [-0.2, 0) is 17.4 Å². The van der Waals surface area contributed by atoms with E-state index in [0.29, 0.717) is 48.8 Å². The molecule has 0 radical (unpaired) electrons. The SMILES string of the molecule is CCOc1cc2c(cc1OCC)C1C(C(=O)Nc3cccc(C(F)(F)F)c3)c3ccccc3C(=O)N1CC2. The number of nitrogens with zero attached hydrogens (tertiary/aromatic N) is 1. The maximum atomic E-state index is 13.9. The van der Waals surface area contributed by atoms with Crippen molar-refractivity contribution in [3.63, 3.8) is 0 Å². The number of rotatable bonds is 6. The second-order valence-electron chi connectivity index (χ2n) is 9.19. The Bertz CT molecular complexity index is 1390. The number of ether oxygens (including phenoxy) is 2. The van der Waals surface area contributed by atoms with Gasteiger partial charge in [0.25, 0.3) is 5.91 Å². The average molecular weight is 525 g/mol. The summed E-state index contributed by atoms with van der Waals surface area (Å²) in [6.45, 7) is 4.96. The van der Waals surface area contributed by atoms with Crippen LogP contribution in [0.5, 0.6) is 11.5 Å². The van der Waals surface area contributed by atoms with E-state index in [0.717, 1.165) is 23.3 Å². The molecule has 2 heterocycles. The van der Waals surface area contributed by atoms with Gasteiger partial charge in [-0.05, 0) is 73.4 Å². The van der Waals surface area contributed by atoms with Gasteiger partial charge in [0.2, 0.25) is 5.91 Å². The van der Waals surface area contributed by atoms with Crippen molar-refractivity contribution in [1.82, 2.24) is 4.90 Å². The molecule has 6 nitrogen and oxygen atoms in total. The van der Waals surface area contributed by atoms with Crippen LogP contribution in [0.1, 0.15) is 58.4 Å². The lowest BCUT2D eigenvalue weighted by Gasteiger charge is -2.45. The third kappa shape index (κ3) is 4.57. The van der Waals surface area contributed by atoms with E-state index in [1.165, 1.54) is 12.1 Å². The van der Waals surface area contributed by atoms with Crippen molar-refractivity contribution >= 4 is 17.5 Å². The van der Waals surface area contributed by atoms with Crippen molar-refractivity contribution in [3.05, 3.63) is 88.5 Å². The predicted molar refractivity (Wildman–Crippen MR) is 136 cm³/mol. The van der Waals surface area contributed by atoms with Gasteiger partial charge in [0.1, 0.15) is 0 Å². The molecule has 2 unspecified atom stereocenters. The average Bonchev–Trinajstić information content (AvgIpc) is 2.89. The Morgan fingerprint density at radius 2 is 1.68 bits per heavy atom. The van der Waals surface area contributed by atoms with Crippen molar-refractivity contribution in [2.45, 2.75) is 38.4 Å². The fourth-order valence-electron chi connectivity index (χ4n) is 5.35. The second kappa shape index (κ2) is 10.0. The Kier molecular flexibility index (Phi) is 6.77. The molecule has 1 N–H and O–H groups in total. The van der Waals surface area contributed by atoms with Gasteiger partial charge in [0, 0.05) is 17.8 Å². The van der Waals surface area contributed by atoms with Gasteiger partial charge in [-0.3, -0.25) is 9.59 Å². The molecular formula is C29H27F3N2O4. The third-order valence-electron chi connectivity index (χ3n) is 6.92. The summed E-state index contributed by atoms with van der Waals surface area (Å²) in [6, 6.07) is 14.5. The lowest BCUT2D eigenvalue weighted by Crippen LogP contribution is -2.49. The zero-order valence-corrected chi connectivity index (χ0v) is 21.0. The van der Waals surface area contributed by atoms with E-state index in [1.807, 2.05) is 26.0 Å². The Balaban J connectivity index is 1.61. The summed E-state index contributed by atoms with van der Waals surface area (Å²) in [5.41, 5.74) is 1.81. The van der Waals surface area contributed by atoms with Crippen molar-refractivity contribution in [2.24, 2.45) is 0 Å². The van der Waals surface area contributed by atoms with Crippen LogP contribution in [0.15, 0.2) is 60.7 Å². The van der Waals surface area contributed by atoms with E-state index in [4.69, 9.17) is 9.47 Å². The summed E-state index contributed by atoms with van der Waals surface area (Å²) in [7, 11) is 0. The number of nitrogens with one attached hydrogen (secondary N) is 1. The first kappa shape index (κ1) is 25.6. The molecule has 0 spiro atoms. The fraction of sp³-hybridized carbons (Fsp3) is 0.310. The molecule has 0 saturated carbocycles. The molecule has 3 aromatic rings. The topological polar surface area (TPSA) is 67.9 Å². The van der Waals surface area contributed by atoms with Crippen LogP contribution in [0.25, 0.3) is 0 Å². The zero-order valence-electron chi connectivity index (χ0n) is 21.0. The molecular weight excluding hydrogens is 497 g/mol. The van der Waals surface area contributed by atoms with Gasteiger partial charge in [-0.1, -0.05) is 24.3 Å². The summed E-state index contributed by atoms with van der Waals surface area (Å²) in [5, 5.41) is 2.68. The molecule has 38 heavy (non-hydrogen) atoms. The van der Waals surface area contributed by atoms with Gasteiger partial charge < -0.3 is 19.7 Å². The number of hydrogen-bond acceptors (Lipinski definition) is 4. The van der Waals surface area contributed by atoms with Crippen LogP contribution >= 0.6 is 0 Å². The molecule has 5 rings (SSSR count). The molecule has 198 valence electrons. The molecule has 0 saturated heterocycles. The van der Waals surface area contributed by atoms with Crippen molar-refractivity contribution in [3.8, 4) is 11.5 Å². The first-order valence-corrected chi connectivity index (χ1v) is 12.5. The van der Waals surface area contributed by atoms with E-state index in [2.05, 4.69) is 5.32 Å². The number of fused-ring (bicyclic) bond motifs is 4. The Labute approximate surface area is 218 Å². The number of halogens is 3. The number of anilines is 1. The lowest BCUT2D eigenvalue weighted by molar-refractivity contribution is -0.137. The molecule has 0 bridgehead atoms. The van der Waals surface area contributed by atoms with Gasteiger partial charge in [-0.15, -0.1) is 0 Å². The highest BCUT2D eigenvalue weighted by molar-refractivity contribution is 6.04. The highest BCUT2D eigenvalue weighted by Crippen LogP contribution is 2.48. The molecule has 9 heteroatoms. The van der Waals surface area contributed by atoms with Crippen LogP contribution < -0.4 is 14.8 Å². The Morgan fingerprint density at radius 1 is 0.974 bits per heavy atom. The lowest BCUT2D eigenvalue weighted by atomic mass is 9.75. The largest absolute Gasteiger partial charge is 0.490 e. The standard InChI is InChI=1S/C29H27F3N2O4/c1-3-37-23-14-17-12-13-34-26(22(17)16-24(23)38-4-2)25(20-10-5-6-11-21(20)28(34)36)27(35)33-19-9-7-8-18(15-19)29(30,31)32/h5-11,14-16,25-26H,3-4,12-13H2,1-2H3,(H,33,35). The monoisotopic (exact) mass is 524 g/mol. The van der Waals surface area contributed by atoms with E-state index in [-0.39, 0.29) is 11.6 Å². The third-order valence-corrected chi connectivity index (χ3v) is 6.92. The number of amides is 2. The van der Waals surface area contributed by atoms with Crippen LogP contribution in [0.2, 0.25) is 0 Å². The summed E-state index contributed by atoms with van der Waals surface area (Å²) >= 11 is 0. The maximum absolute atomic E-state index is 13.9. The van der Waals surface area contributed by atoms with Crippen LogP contribution in [0.4, 0.5) is 18.9 Å². The number of alkyl halides is 3. The molecule has 0 fully saturated rings. The highest BCUT2D eigenvalue weighted by Gasteiger charge is 2.46. The molecule has 2 atom stereocenters. The van der Waals surface area contributed by atoms with Crippen molar-refractivity contribution in [2.75, 3.05) is 25.1 Å². The quantitative estimate of drug-likeness (QED) is 0.431. The molecule has 0 aliphatic carbocycles. The fourth-order valence-corrected chi connectivity index (χ4v) is 5.35. The molecule has 2 aliphatic heterocycles. The smallest absolute Gasteiger partial charge is 0.416 e.